The van der Waals surface area contributed by atoms with Crippen molar-refractivity contribution in [2.45, 2.75) is 19.3 Å². The minimum absolute atomic E-state index is 0.00293. The highest BCUT2D eigenvalue weighted by molar-refractivity contribution is 5.95. The molecule has 1 aliphatic rings. The quantitative estimate of drug-likeness (QED) is 0.823. The molecule has 1 aliphatic heterocycles. The highest BCUT2D eigenvalue weighted by atomic mass is 16.2. The normalized spacial score (nSPS) is 14.6. The summed E-state index contributed by atoms with van der Waals surface area (Å²) in [4.78, 5) is 31.0. The van der Waals surface area contributed by atoms with Gasteiger partial charge in [-0.1, -0.05) is 30.3 Å². The highest BCUT2D eigenvalue weighted by Crippen LogP contribution is 2.20. The first kappa shape index (κ1) is 18.9. The van der Waals surface area contributed by atoms with E-state index in [1.54, 1.807) is 25.4 Å². The van der Waals surface area contributed by atoms with Gasteiger partial charge in [0.15, 0.2) is 0 Å². The van der Waals surface area contributed by atoms with Crippen LogP contribution in [0.25, 0.3) is 0 Å². The average Bonchev–Trinajstić information content (AvgIpc) is 2.74. The number of aromatic nitrogens is 1. The van der Waals surface area contributed by atoms with E-state index in [1.807, 2.05) is 23.1 Å². The van der Waals surface area contributed by atoms with Gasteiger partial charge in [0.25, 0.3) is 5.91 Å². The number of pyridine rings is 1. The van der Waals surface area contributed by atoms with E-state index in [0.29, 0.717) is 43.9 Å². The van der Waals surface area contributed by atoms with Gasteiger partial charge >= 0.3 is 0 Å². The summed E-state index contributed by atoms with van der Waals surface area (Å²) in [6.45, 7) is 1.85. The lowest BCUT2D eigenvalue weighted by molar-refractivity contribution is -0.126. The molecule has 1 aromatic carbocycles. The zero-order valence-electron chi connectivity index (χ0n) is 15.6. The van der Waals surface area contributed by atoms with Gasteiger partial charge in [0.1, 0.15) is 5.82 Å². The number of anilines is 1. The van der Waals surface area contributed by atoms with Crippen LogP contribution in [0, 0.1) is 5.92 Å². The molecule has 0 spiro atoms. The molecule has 0 saturated carbocycles. The molecule has 6 heteroatoms. The molecule has 2 aromatic rings. The lowest BCUT2D eigenvalue weighted by atomic mass is 9.95. The van der Waals surface area contributed by atoms with Crippen molar-refractivity contribution >= 4 is 17.6 Å². The predicted molar refractivity (Wildman–Crippen MR) is 106 cm³/mol. The van der Waals surface area contributed by atoms with Gasteiger partial charge in [0.2, 0.25) is 5.91 Å². The molecule has 6 nitrogen and oxygen atoms in total. The summed E-state index contributed by atoms with van der Waals surface area (Å²) in [5, 5.41) is 5.98. The Kier molecular flexibility index (Phi) is 6.41. The van der Waals surface area contributed by atoms with E-state index in [4.69, 9.17) is 0 Å². The molecule has 0 unspecified atom stereocenters. The molecule has 1 aromatic heterocycles. The predicted octanol–water partition coefficient (Wildman–Crippen LogP) is 2.33. The Bertz CT molecular complexity index is 771. The fourth-order valence-electron chi connectivity index (χ4n) is 3.35. The number of piperidine rings is 1. The zero-order chi connectivity index (χ0) is 19.1. The topological polar surface area (TPSA) is 74.3 Å². The standard InChI is InChI=1S/C21H26N4O2/c1-22-19-15-18(8-12-23-19)21(27)25-13-9-17(10-14-25)20(26)24-11-7-16-5-3-2-4-6-16/h2-6,8,12,15,17H,7,9-11,13-14H2,1H3,(H,22,23)(H,24,26). The Morgan fingerprint density at radius 1 is 1.15 bits per heavy atom. The molecule has 0 aliphatic carbocycles. The molecule has 3 rings (SSSR count). The van der Waals surface area contributed by atoms with Gasteiger partial charge in [0.05, 0.1) is 0 Å². The van der Waals surface area contributed by atoms with Crippen molar-refractivity contribution in [2.75, 3.05) is 32.0 Å². The number of likely N-dealkylation sites (tertiary alicyclic amines) is 1. The molecule has 2 heterocycles. The van der Waals surface area contributed by atoms with E-state index >= 15 is 0 Å². The third kappa shape index (κ3) is 5.06. The van der Waals surface area contributed by atoms with Crippen molar-refractivity contribution in [3.8, 4) is 0 Å². The summed E-state index contributed by atoms with van der Waals surface area (Å²) in [6.07, 6.45) is 3.87. The summed E-state index contributed by atoms with van der Waals surface area (Å²) in [5.74, 6) is 0.750. The van der Waals surface area contributed by atoms with E-state index < -0.39 is 0 Å². The number of nitrogens with zero attached hydrogens (tertiary/aromatic N) is 2. The fraction of sp³-hybridized carbons (Fsp3) is 0.381. The second-order valence-electron chi connectivity index (χ2n) is 6.77. The van der Waals surface area contributed by atoms with Crippen LogP contribution in [0.1, 0.15) is 28.8 Å². The third-order valence-electron chi connectivity index (χ3n) is 4.97. The maximum absolute atomic E-state index is 12.6. The van der Waals surface area contributed by atoms with Gasteiger partial charge in [-0.2, -0.15) is 0 Å². The van der Waals surface area contributed by atoms with Crippen molar-refractivity contribution in [1.82, 2.24) is 15.2 Å². The van der Waals surface area contributed by atoms with Crippen molar-refractivity contribution in [3.05, 3.63) is 59.8 Å². The van der Waals surface area contributed by atoms with Crippen molar-refractivity contribution < 1.29 is 9.59 Å². The van der Waals surface area contributed by atoms with Gasteiger partial charge in [-0.3, -0.25) is 9.59 Å². The number of carbonyl (C=O) groups excluding carboxylic acids is 2. The summed E-state index contributed by atoms with van der Waals surface area (Å²) in [5.41, 5.74) is 1.84. The Labute approximate surface area is 160 Å². The van der Waals surface area contributed by atoms with Crippen molar-refractivity contribution in [1.29, 1.82) is 0 Å². The number of benzene rings is 1. The van der Waals surface area contributed by atoms with Crippen LogP contribution in [0.3, 0.4) is 0 Å². The largest absolute Gasteiger partial charge is 0.373 e. The molecule has 2 amide bonds. The summed E-state index contributed by atoms with van der Waals surface area (Å²) < 4.78 is 0. The first-order valence-corrected chi connectivity index (χ1v) is 9.42. The second kappa shape index (κ2) is 9.16. The van der Waals surface area contributed by atoms with Crippen LogP contribution in [0.15, 0.2) is 48.7 Å². The number of hydrogen-bond acceptors (Lipinski definition) is 4. The van der Waals surface area contributed by atoms with Gasteiger partial charge in [0, 0.05) is 44.4 Å². The number of hydrogen-bond donors (Lipinski definition) is 2. The minimum Gasteiger partial charge on any atom is -0.373 e. The van der Waals surface area contributed by atoms with E-state index in [2.05, 4.69) is 27.8 Å². The smallest absolute Gasteiger partial charge is 0.254 e. The average molecular weight is 366 g/mol. The van der Waals surface area contributed by atoms with Gasteiger partial charge in [-0.15, -0.1) is 0 Å². The molecular formula is C21H26N4O2. The number of carbonyl (C=O) groups is 2. The third-order valence-corrected chi connectivity index (χ3v) is 4.97. The summed E-state index contributed by atoms with van der Waals surface area (Å²) in [7, 11) is 1.78. The van der Waals surface area contributed by atoms with Crippen molar-refractivity contribution in [3.63, 3.8) is 0 Å². The SMILES string of the molecule is CNc1cc(C(=O)N2CCC(C(=O)NCCc3ccccc3)CC2)ccn1. The number of amides is 2. The molecule has 1 saturated heterocycles. The second-order valence-corrected chi connectivity index (χ2v) is 6.77. The summed E-state index contributed by atoms with van der Waals surface area (Å²) >= 11 is 0. The van der Waals surface area contributed by atoms with E-state index in [1.165, 1.54) is 5.56 Å². The maximum Gasteiger partial charge on any atom is 0.254 e. The van der Waals surface area contributed by atoms with Crippen molar-refractivity contribution in [2.24, 2.45) is 5.92 Å². The lowest BCUT2D eigenvalue weighted by Crippen LogP contribution is -2.43. The Morgan fingerprint density at radius 2 is 1.89 bits per heavy atom. The first-order valence-electron chi connectivity index (χ1n) is 9.42. The van der Waals surface area contributed by atoms with Gasteiger partial charge < -0.3 is 15.5 Å². The van der Waals surface area contributed by atoms with Gasteiger partial charge in [-0.25, -0.2) is 4.98 Å². The molecule has 1 fully saturated rings. The first-order chi connectivity index (χ1) is 13.2. The molecule has 2 N–H and O–H groups in total. The Hall–Kier alpha value is -2.89. The summed E-state index contributed by atoms with van der Waals surface area (Å²) in [6, 6.07) is 13.6. The minimum atomic E-state index is -0.0184. The molecule has 27 heavy (non-hydrogen) atoms. The number of rotatable bonds is 6. The monoisotopic (exact) mass is 366 g/mol. The van der Waals surface area contributed by atoms with Crippen LogP contribution >= 0.6 is 0 Å². The van der Waals surface area contributed by atoms with Crippen LogP contribution < -0.4 is 10.6 Å². The molecule has 0 bridgehead atoms. The van der Waals surface area contributed by atoms with E-state index in [9.17, 15) is 9.59 Å². The van der Waals surface area contributed by atoms with Crippen LogP contribution in [0.2, 0.25) is 0 Å². The Morgan fingerprint density at radius 3 is 2.59 bits per heavy atom. The van der Waals surface area contributed by atoms with Crippen LogP contribution in [0.5, 0.6) is 0 Å². The fourth-order valence-corrected chi connectivity index (χ4v) is 3.35. The highest BCUT2D eigenvalue weighted by Gasteiger charge is 2.27. The maximum atomic E-state index is 12.6. The zero-order valence-corrected chi connectivity index (χ0v) is 15.6. The van der Waals surface area contributed by atoms with Crippen LogP contribution in [0.4, 0.5) is 5.82 Å². The lowest BCUT2D eigenvalue weighted by Gasteiger charge is -2.31. The van der Waals surface area contributed by atoms with Gasteiger partial charge in [-0.05, 0) is 37.0 Å². The van der Waals surface area contributed by atoms with Crippen LogP contribution in [-0.2, 0) is 11.2 Å². The van der Waals surface area contributed by atoms with E-state index in [-0.39, 0.29) is 17.7 Å². The molecule has 142 valence electrons. The van der Waals surface area contributed by atoms with E-state index in [0.717, 1.165) is 6.42 Å². The molecular weight excluding hydrogens is 340 g/mol. The molecule has 0 atom stereocenters. The number of nitrogens with one attached hydrogen (secondary N) is 2. The molecule has 0 radical (unpaired) electrons. The Balaban J connectivity index is 1.45. The van der Waals surface area contributed by atoms with Crippen LogP contribution in [-0.4, -0.2) is 48.4 Å².